The molecule has 9 heteroatoms. The molecule has 20 heavy (non-hydrogen) atoms. The number of benzene rings is 1. The lowest BCUT2D eigenvalue weighted by atomic mass is 10.1. The summed E-state index contributed by atoms with van der Waals surface area (Å²) < 4.78 is 15.1. The number of halogens is 1. The van der Waals surface area contributed by atoms with Crippen LogP contribution in [0.25, 0.3) is 0 Å². The van der Waals surface area contributed by atoms with Gasteiger partial charge in [0.2, 0.25) is 0 Å². The Hall–Kier alpha value is -2.97. The Labute approximate surface area is 112 Å². The van der Waals surface area contributed by atoms with Crippen LogP contribution in [0.15, 0.2) is 24.5 Å². The Kier molecular flexibility index (Phi) is 3.34. The molecule has 0 aliphatic rings. The average molecular weight is 279 g/mol. The van der Waals surface area contributed by atoms with E-state index in [2.05, 4.69) is 10.4 Å². The van der Waals surface area contributed by atoms with E-state index in [0.717, 1.165) is 12.1 Å². The van der Waals surface area contributed by atoms with E-state index in [-0.39, 0.29) is 0 Å². The van der Waals surface area contributed by atoms with Gasteiger partial charge in [-0.05, 0) is 6.07 Å². The normalized spacial score (nSPS) is 10.3. The molecule has 1 heterocycles. The van der Waals surface area contributed by atoms with E-state index in [1.807, 2.05) is 0 Å². The van der Waals surface area contributed by atoms with Crippen molar-refractivity contribution in [2.45, 2.75) is 0 Å². The van der Waals surface area contributed by atoms with E-state index in [1.165, 1.54) is 17.1 Å². The number of nitrogens with two attached hydrogens (primary N) is 1. The predicted octanol–water partition coefficient (Wildman–Crippen LogP) is 1.30. The highest BCUT2D eigenvalue weighted by molar-refractivity contribution is 6.09. The van der Waals surface area contributed by atoms with Crippen molar-refractivity contribution >= 4 is 23.0 Å². The second kappa shape index (κ2) is 4.96. The molecule has 0 aliphatic heterocycles. The first-order valence-corrected chi connectivity index (χ1v) is 5.42. The molecule has 0 fully saturated rings. The summed E-state index contributed by atoms with van der Waals surface area (Å²) in [4.78, 5) is 21.9. The summed E-state index contributed by atoms with van der Waals surface area (Å²) >= 11 is 0. The molecule has 0 radical (unpaired) electrons. The summed E-state index contributed by atoms with van der Waals surface area (Å²) in [5.74, 6) is -1.81. The molecule has 3 N–H and O–H groups in total. The number of nitrogens with one attached hydrogen (secondary N) is 1. The third kappa shape index (κ3) is 2.41. The maximum absolute atomic E-state index is 13.7. The van der Waals surface area contributed by atoms with E-state index in [9.17, 15) is 19.3 Å². The second-order valence-corrected chi connectivity index (χ2v) is 3.97. The molecule has 0 saturated carbocycles. The molecule has 0 unspecified atom stereocenters. The zero-order valence-electron chi connectivity index (χ0n) is 10.3. The van der Waals surface area contributed by atoms with Gasteiger partial charge in [0.25, 0.3) is 11.6 Å². The monoisotopic (exact) mass is 279 g/mol. The molecule has 0 spiro atoms. The molecule has 0 aliphatic carbocycles. The fourth-order valence-electron chi connectivity index (χ4n) is 1.65. The first kappa shape index (κ1) is 13.5. The Morgan fingerprint density at radius 2 is 2.25 bits per heavy atom. The van der Waals surface area contributed by atoms with Gasteiger partial charge in [0.15, 0.2) is 0 Å². The number of hydrogen-bond acceptors (Lipinski definition) is 5. The van der Waals surface area contributed by atoms with Gasteiger partial charge in [0.1, 0.15) is 17.1 Å². The van der Waals surface area contributed by atoms with E-state index in [4.69, 9.17) is 5.73 Å². The Balaban J connectivity index is 2.38. The molecular weight excluding hydrogens is 269 g/mol. The van der Waals surface area contributed by atoms with Crippen molar-refractivity contribution in [2.24, 2.45) is 7.05 Å². The quantitative estimate of drug-likeness (QED) is 0.499. The van der Waals surface area contributed by atoms with Crippen LogP contribution in [0, 0.1) is 15.9 Å². The molecular formula is C11H10FN5O3. The Morgan fingerprint density at radius 3 is 2.80 bits per heavy atom. The molecule has 8 nitrogen and oxygen atoms in total. The van der Waals surface area contributed by atoms with Crippen molar-refractivity contribution in [2.75, 3.05) is 11.1 Å². The van der Waals surface area contributed by atoms with Gasteiger partial charge in [-0.25, -0.2) is 4.39 Å². The molecule has 1 aromatic heterocycles. The molecule has 104 valence electrons. The summed E-state index contributed by atoms with van der Waals surface area (Å²) in [6, 6.07) is 1.73. The lowest BCUT2D eigenvalue weighted by Gasteiger charge is -2.07. The average Bonchev–Trinajstić information content (AvgIpc) is 2.74. The highest BCUT2D eigenvalue weighted by Gasteiger charge is 2.23. The molecule has 2 rings (SSSR count). The fourth-order valence-corrected chi connectivity index (χ4v) is 1.65. The van der Waals surface area contributed by atoms with Crippen molar-refractivity contribution in [1.29, 1.82) is 0 Å². The molecule has 0 saturated heterocycles. The number of anilines is 2. The van der Waals surface area contributed by atoms with Gasteiger partial charge in [-0.3, -0.25) is 19.6 Å². The number of carbonyl (C=O) groups is 1. The SMILES string of the molecule is Cn1cc(NC(=O)c2c(F)ccc([N+](=O)[O-])c2N)cn1. The molecule has 1 amide bonds. The number of aromatic nitrogens is 2. The summed E-state index contributed by atoms with van der Waals surface area (Å²) in [7, 11) is 1.64. The number of hydrogen-bond donors (Lipinski definition) is 2. The number of nitro benzene ring substituents is 1. The van der Waals surface area contributed by atoms with Crippen LogP contribution in [0.2, 0.25) is 0 Å². The third-order valence-electron chi connectivity index (χ3n) is 2.56. The van der Waals surface area contributed by atoms with Crippen LogP contribution in [-0.4, -0.2) is 20.6 Å². The topological polar surface area (TPSA) is 116 Å². The van der Waals surface area contributed by atoms with Gasteiger partial charge in [-0.15, -0.1) is 0 Å². The van der Waals surface area contributed by atoms with Gasteiger partial charge >= 0.3 is 0 Å². The van der Waals surface area contributed by atoms with Crippen LogP contribution >= 0.6 is 0 Å². The second-order valence-electron chi connectivity index (χ2n) is 3.97. The highest BCUT2D eigenvalue weighted by Crippen LogP contribution is 2.28. The summed E-state index contributed by atoms with van der Waals surface area (Å²) in [6.45, 7) is 0. The highest BCUT2D eigenvalue weighted by atomic mass is 19.1. The van der Waals surface area contributed by atoms with E-state index < -0.39 is 33.6 Å². The minimum absolute atomic E-state index is 0.322. The van der Waals surface area contributed by atoms with E-state index in [0.29, 0.717) is 5.69 Å². The number of nitrogen functional groups attached to an aromatic ring is 1. The van der Waals surface area contributed by atoms with Crippen LogP contribution in [0.3, 0.4) is 0 Å². The van der Waals surface area contributed by atoms with Crippen LogP contribution in [-0.2, 0) is 7.05 Å². The van der Waals surface area contributed by atoms with Gasteiger partial charge < -0.3 is 11.1 Å². The fraction of sp³-hybridized carbons (Fsp3) is 0.0909. The van der Waals surface area contributed by atoms with Gasteiger partial charge in [-0.2, -0.15) is 5.10 Å². The van der Waals surface area contributed by atoms with Gasteiger partial charge in [0.05, 0.1) is 16.8 Å². The Morgan fingerprint density at radius 1 is 1.55 bits per heavy atom. The van der Waals surface area contributed by atoms with Crippen LogP contribution in [0.4, 0.5) is 21.5 Å². The van der Waals surface area contributed by atoms with Crippen LogP contribution in [0.1, 0.15) is 10.4 Å². The standard InChI is InChI=1S/C11H10FN5O3/c1-16-5-6(4-14-16)15-11(18)9-7(12)2-3-8(10(9)13)17(19)20/h2-5H,13H2,1H3,(H,15,18). The van der Waals surface area contributed by atoms with Crippen molar-refractivity contribution in [3.8, 4) is 0 Å². The Bertz CT molecular complexity index is 697. The zero-order valence-corrected chi connectivity index (χ0v) is 10.3. The summed E-state index contributed by atoms with van der Waals surface area (Å²) in [5.41, 5.74) is 4.19. The zero-order chi connectivity index (χ0) is 14.9. The number of carbonyl (C=O) groups excluding carboxylic acids is 1. The van der Waals surface area contributed by atoms with E-state index in [1.54, 1.807) is 7.05 Å². The van der Waals surface area contributed by atoms with Gasteiger partial charge in [0, 0.05) is 19.3 Å². The molecule has 2 aromatic rings. The lowest BCUT2D eigenvalue weighted by Crippen LogP contribution is -2.16. The van der Waals surface area contributed by atoms with Gasteiger partial charge in [-0.1, -0.05) is 0 Å². The minimum atomic E-state index is -0.936. The van der Waals surface area contributed by atoms with Crippen molar-refractivity contribution in [1.82, 2.24) is 9.78 Å². The van der Waals surface area contributed by atoms with Crippen LogP contribution < -0.4 is 11.1 Å². The lowest BCUT2D eigenvalue weighted by molar-refractivity contribution is -0.384. The minimum Gasteiger partial charge on any atom is -0.392 e. The predicted molar refractivity (Wildman–Crippen MR) is 68.6 cm³/mol. The molecule has 0 atom stereocenters. The van der Waals surface area contributed by atoms with E-state index >= 15 is 0 Å². The molecule has 0 bridgehead atoms. The summed E-state index contributed by atoms with van der Waals surface area (Å²) in [5, 5.41) is 16.9. The van der Waals surface area contributed by atoms with Crippen molar-refractivity contribution in [3.63, 3.8) is 0 Å². The van der Waals surface area contributed by atoms with Crippen molar-refractivity contribution in [3.05, 3.63) is 46.0 Å². The number of aryl methyl sites for hydroxylation is 1. The number of amides is 1. The number of nitrogens with zero attached hydrogens (tertiary/aromatic N) is 3. The summed E-state index contributed by atoms with van der Waals surface area (Å²) in [6.07, 6.45) is 2.84. The molecule has 1 aromatic carbocycles. The third-order valence-corrected chi connectivity index (χ3v) is 2.56. The number of nitro groups is 1. The maximum atomic E-state index is 13.7. The van der Waals surface area contributed by atoms with Crippen LogP contribution in [0.5, 0.6) is 0 Å². The smallest absolute Gasteiger partial charge is 0.293 e. The first-order valence-electron chi connectivity index (χ1n) is 5.42. The van der Waals surface area contributed by atoms with Crippen molar-refractivity contribution < 1.29 is 14.1 Å². The number of rotatable bonds is 3. The largest absolute Gasteiger partial charge is 0.392 e. The maximum Gasteiger partial charge on any atom is 0.293 e. The first-order chi connectivity index (χ1) is 9.40.